The zero-order chi connectivity index (χ0) is 20.1. The standard InChI is InChI=1S/C19H31N3O4S.ClH/c1-4-26-16-9-8-15(12-17(16)27(24,25)22(2)3)21-18(23)13-19(14-20)10-6-5-7-11-19;/h8-9,12H,4-7,10-11,13-14,20H2,1-3H3,(H,21,23);1H. The van der Waals surface area contributed by atoms with Crippen molar-refractivity contribution in [3.05, 3.63) is 18.2 Å². The number of halogens is 1. The van der Waals surface area contributed by atoms with Crippen LogP contribution < -0.4 is 15.8 Å². The van der Waals surface area contributed by atoms with Crippen LogP contribution in [0.15, 0.2) is 23.1 Å². The third-order valence-corrected chi connectivity index (χ3v) is 7.00. The van der Waals surface area contributed by atoms with E-state index in [1.807, 2.05) is 0 Å². The fourth-order valence-electron chi connectivity index (χ4n) is 3.56. The predicted octanol–water partition coefficient (Wildman–Crippen LogP) is 3.00. The molecule has 0 aliphatic heterocycles. The molecular weight excluding hydrogens is 402 g/mol. The maximum Gasteiger partial charge on any atom is 0.246 e. The molecule has 1 fully saturated rings. The quantitative estimate of drug-likeness (QED) is 0.656. The molecule has 0 saturated heterocycles. The van der Waals surface area contributed by atoms with Gasteiger partial charge in [-0.15, -0.1) is 12.4 Å². The van der Waals surface area contributed by atoms with Crippen LogP contribution in [0.5, 0.6) is 5.75 Å². The summed E-state index contributed by atoms with van der Waals surface area (Å²) in [4.78, 5) is 12.6. The molecule has 1 aromatic rings. The zero-order valence-electron chi connectivity index (χ0n) is 16.9. The Labute approximate surface area is 174 Å². The molecule has 0 atom stereocenters. The summed E-state index contributed by atoms with van der Waals surface area (Å²) >= 11 is 0. The van der Waals surface area contributed by atoms with Gasteiger partial charge in [0.05, 0.1) is 6.61 Å². The summed E-state index contributed by atoms with van der Waals surface area (Å²) in [5.41, 5.74) is 6.26. The smallest absolute Gasteiger partial charge is 0.246 e. The van der Waals surface area contributed by atoms with Crippen molar-refractivity contribution in [3.63, 3.8) is 0 Å². The van der Waals surface area contributed by atoms with Crippen molar-refractivity contribution in [1.82, 2.24) is 4.31 Å². The predicted molar refractivity (Wildman–Crippen MR) is 114 cm³/mol. The molecule has 2 rings (SSSR count). The van der Waals surface area contributed by atoms with Crippen molar-refractivity contribution >= 4 is 34.0 Å². The summed E-state index contributed by atoms with van der Waals surface area (Å²) in [6.07, 6.45) is 5.65. The summed E-state index contributed by atoms with van der Waals surface area (Å²) in [5, 5.41) is 2.84. The largest absolute Gasteiger partial charge is 0.492 e. The Balaban J connectivity index is 0.00000392. The number of nitrogens with two attached hydrogens (primary N) is 1. The molecule has 0 heterocycles. The SMILES string of the molecule is CCOc1ccc(NC(=O)CC2(CN)CCCCC2)cc1S(=O)(=O)N(C)C.Cl. The van der Waals surface area contributed by atoms with Gasteiger partial charge in [-0.2, -0.15) is 0 Å². The van der Waals surface area contributed by atoms with Crippen LogP contribution in [0.2, 0.25) is 0 Å². The van der Waals surface area contributed by atoms with E-state index in [-0.39, 0.29) is 34.4 Å². The lowest BCUT2D eigenvalue weighted by atomic mass is 9.71. The highest BCUT2D eigenvalue weighted by molar-refractivity contribution is 7.89. The van der Waals surface area contributed by atoms with Crippen molar-refractivity contribution in [2.75, 3.05) is 32.6 Å². The number of carbonyl (C=O) groups excluding carboxylic acids is 1. The summed E-state index contributed by atoms with van der Waals surface area (Å²) in [7, 11) is -0.770. The molecule has 1 aromatic carbocycles. The second kappa shape index (κ2) is 10.4. The van der Waals surface area contributed by atoms with Crippen LogP contribution in [0.1, 0.15) is 45.4 Å². The molecule has 0 unspecified atom stereocenters. The first kappa shape index (κ1) is 24.7. The minimum atomic E-state index is -3.69. The van der Waals surface area contributed by atoms with E-state index in [0.717, 1.165) is 30.0 Å². The number of nitrogens with zero attached hydrogens (tertiary/aromatic N) is 1. The monoisotopic (exact) mass is 433 g/mol. The van der Waals surface area contributed by atoms with Crippen molar-refractivity contribution < 1.29 is 17.9 Å². The number of sulfonamides is 1. The lowest BCUT2D eigenvalue weighted by Crippen LogP contribution is -2.36. The molecule has 0 bridgehead atoms. The number of benzene rings is 1. The minimum Gasteiger partial charge on any atom is -0.492 e. The first-order chi connectivity index (χ1) is 12.7. The van der Waals surface area contributed by atoms with Gasteiger partial charge in [0, 0.05) is 26.2 Å². The maximum atomic E-state index is 12.6. The number of hydrogen-bond donors (Lipinski definition) is 2. The van der Waals surface area contributed by atoms with Crippen molar-refractivity contribution in [3.8, 4) is 5.75 Å². The highest BCUT2D eigenvalue weighted by Crippen LogP contribution is 2.38. The fourth-order valence-corrected chi connectivity index (χ4v) is 4.61. The maximum absolute atomic E-state index is 12.6. The van der Waals surface area contributed by atoms with E-state index in [1.165, 1.54) is 26.6 Å². The van der Waals surface area contributed by atoms with E-state index >= 15 is 0 Å². The zero-order valence-corrected chi connectivity index (χ0v) is 18.5. The van der Waals surface area contributed by atoms with Gasteiger partial charge < -0.3 is 15.8 Å². The second-order valence-electron chi connectivity index (χ2n) is 7.37. The lowest BCUT2D eigenvalue weighted by molar-refractivity contribution is -0.118. The number of carbonyl (C=O) groups is 1. The van der Waals surface area contributed by atoms with Crippen LogP contribution in [0.4, 0.5) is 5.69 Å². The average molecular weight is 434 g/mol. The van der Waals surface area contributed by atoms with Gasteiger partial charge >= 0.3 is 0 Å². The Bertz CT molecular complexity index is 762. The number of anilines is 1. The molecule has 1 aliphatic carbocycles. The van der Waals surface area contributed by atoms with Crippen LogP contribution in [-0.4, -0.2) is 45.9 Å². The van der Waals surface area contributed by atoms with Crippen LogP contribution in [-0.2, 0) is 14.8 Å². The molecule has 160 valence electrons. The molecule has 0 spiro atoms. The Hall–Kier alpha value is -1.35. The molecule has 28 heavy (non-hydrogen) atoms. The number of nitrogens with one attached hydrogen (secondary N) is 1. The normalized spacial score (nSPS) is 16.3. The highest BCUT2D eigenvalue weighted by atomic mass is 35.5. The van der Waals surface area contributed by atoms with Gasteiger partial charge in [-0.05, 0) is 49.9 Å². The van der Waals surface area contributed by atoms with E-state index in [0.29, 0.717) is 25.3 Å². The third-order valence-electron chi connectivity index (χ3n) is 5.17. The molecule has 0 radical (unpaired) electrons. The van der Waals surface area contributed by atoms with Crippen LogP contribution in [0, 0.1) is 5.41 Å². The van der Waals surface area contributed by atoms with E-state index in [1.54, 1.807) is 19.1 Å². The molecule has 9 heteroatoms. The highest BCUT2D eigenvalue weighted by Gasteiger charge is 2.33. The third kappa shape index (κ3) is 5.83. The summed E-state index contributed by atoms with van der Waals surface area (Å²) in [5.74, 6) is 0.134. The lowest BCUT2D eigenvalue weighted by Gasteiger charge is -2.35. The molecule has 3 N–H and O–H groups in total. The number of rotatable bonds is 8. The molecule has 1 amide bonds. The van der Waals surface area contributed by atoms with E-state index < -0.39 is 10.0 Å². The Morgan fingerprint density at radius 3 is 2.43 bits per heavy atom. The molecule has 0 aromatic heterocycles. The van der Waals surface area contributed by atoms with E-state index in [2.05, 4.69) is 5.32 Å². The van der Waals surface area contributed by atoms with Gasteiger partial charge in [0.1, 0.15) is 10.6 Å². The van der Waals surface area contributed by atoms with Crippen molar-refractivity contribution in [2.45, 2.75) is 50.3 Å². The van der Waals surface area contributed by atoms with Crippen LogP contribution >= 0.6 is 12.4 Å². The summed E-state index contributed by atoms with van der Waals surface area (Å²) in [6.45, 7) is 2.63. The van der Waals surface area contributed by atoms with Crippen LogP contribution in [0.25, 0.3) is 0 Å². The van der Waals surface area contributed by atoms with Crippen molar-refractivity contribution in [1.29, 1.82) is 0 Å². The Morgan fingerprint density at radius 1 is 1.25 bits per heavy atom. The topological polar surface area (TPSA) is 102 Å². The van der Waals surface area contributed by atoms with Gasteiger partial charge in [0.2, 0.25) is 15.9 Å². The average Bonchev–Trinajstić information content (AvgIpc) is 2.63. The van der Waals surface area contributed by atoms with E-state index in [4.69, 9.17) is 10.5 Å². The molecule has 7 nitrogen and oxygen atoms in total. The van der Waals surface area contributed by atoms with Crippen molar-refractivity contribution in [2.24, 2.45) is 11.1 Å². The number of hydrogen-bond acceptors (Lipinski definition) is 5. The van der Waals surface area contributed by atoms with Gasteiger partial charge in [0.15, 0.2) is 0 Å². The molecule has 1 aliphatic rings. The van der Waals surface area contributed by atoms with Gasteiger partial charge in [-0.3, -0.25) is 4.79 Å². The first-order valence-electron chi connectivity index (χ1n) is 9.43. The fraction of sp³-hybridized carbons (Fsp3) is 0.632. The first-order valence-corrected chi connectivity index (χ1v) is 10.9. The molecule has 1 saturated carbocycles. The number of amides is 1. The number of ether oxygens (including phenoxy) is 1. The van der Waals surface area contributed by atoms with Gasteiger partial charge in [0.25, 0.3) is 0 Å². The van der Waals surface area contributed by atoms with Crippen LogP contribution in [0.3, 0.4) is 0 Å². The minimum absolute atomic E-state index is 0. The summed E-state index contributed by atoms with van der Waals surface area (Å²) < 4.78 is 31.8. The second-order valence-corrected chi connectivity index (χ2v) is 9.49. The van der Waals surface area contributed by atoms with E-state index in [9.17, 15) is 13.2 Å². The van der Waals surface area contributed by atoms with Gasteiger partial charge in [-0.1, -0.05) is 19.3 Å². The Kier molecular flexibility index (Phi) is 9.20. The summed E-state index contributed by atoms with van der Waals surface area (Å²) in [6, 6.07) is 4.69. The molecular formula is C19H32ClN3O4S. The Morgan fingerprint density at radius 2 is 1.89 bits per heavy atom. The van der Waals surface area contributed by atoms with Gasteiger partial charge in [-0.25, -0.2) is 12.7 Å².